The zero-order chi connectivity index (χ0) is 18.7. The summed E-state index contributed by atoms with van der Waals surface area (Å²) in [4.78, 5) is 28.2. The first-order chi connectivity index (χ1) is 12.3. The predicted molar refractivity (Wildman–Crippen MR) is 102 cm³/mol. The second-order valence-electron chi connectivity index (χ2n) is 7.50. The highest BCUT2D eigenvalue weighted by molar-refractivity contribution is 7.10. The van der Waals surface area contributed by atoms with Crippen LogP contribution < -0.4 is 5.32 Å². The lowest BCUT2D eigenvalue weighted by Crippen LogP contribution is -2.55. The predicted octanol–water partition coefficient (Wildman–Crippen LogP) is 3.73. The highest BCUT2D eigenvalue weighted by atomic mass is 32.1. The van der Waals surface area contributed by atoms with E-state index < -0.39 is 12.1 Å². The van der Waals surface area contributed by atoms with Gasteiger partial charge in [0.2, 0.25) is 5.91 Å². The molecule has 2 heterocycles. The van der Waals surface area contributed by atoms with Gasteiger partial charge in [-0.1, -0.05) is 30.3 Å². The Morgan fingerprint density at radius 2 is 1.96 bits per heavy atom. The normalized spacial score (nSPS) is 16.7. The highest BCUT2D eigenvalue weighted by Gasteiger charge is 2.37. The van der Waals surface area contributed by atoms with Gasteiger partial charge >= 0.3 is 6.09 Å². The van der Waals surface area contributed by atoms with Crippen molar-refractivity contribution >= 4 is 23.3 Å². The Balaban J connectivity index is 1.74. The van der Waals surface area contributed by atoms with Crippen LogP contribution in [0.4, 0.5) is 4.79 Å². The van der Waals surface area contributed by atoms with E-state index in [1.807, 2.05) is 62.5 Å². The van der Waals surface area contributed by atoms with Gasteiger partial charge in [0, 0.05) is 16.8 Å². The molecule has 1 aromatic heterocycles. The number of fused-ring (bicyclic) bond motifs is 1. The molecule has 0 saturated heterocycles. The van der Waals surface area contributed by atoms with Crippen LogP contribution in [0, 0.1) is 0 Å². The van der Waals surface area contributed by atoms with E-state index in [1.165, 1.54) is 0 Å². The minimum Gasteiger partial charge on any atom is -0.445 e. The molecule has 0 aliphatic carbocycles. The van der Waals surface area contributed by atoms with Gasteiger partial charge in [0.05, 0.1) is 6.54 Å². The molecular weight excluding hydrogens is 348 g/mol. The molecule has 1 N–H and O–H groups in total. The fraction of sp³-hybridized carbons (Fsp3) is 0.400. The Bertz CT molecular complexity index is 780. The van der Waals surface area contributed by atoms with Crippen LogP contribution in [0.5, 0.6) is 0 Å². The summed E-state index contributed by atoms with van der Waals surface area (Å²) in [6.45, 7) is 6.39. The largest absolute Gasteiger partial charge is 0.445 e. The molecule has 0 fully saturated rings. The van der Waals surface area contributed by atoms with E-state index >= 15 is 0 Å². The van der Waals surface area contributed by atoms with Crippen molar-refractivity contribution in [2.24, 2.45) is 0 Å². The molecule has 1 atom stereocenters. The number of carbonyl (C=O) groups is 2. The van der Waals surface area contributed by atoms with Gasteiger partial charge in [-0.05, 0) is 43.3 Å². The fourth-order valence-corrected chi connectivity index (χ4v) is 3.88. The van der Waals surface area contributed by atoms with Gasteiger partial charge in [-0.25, -0.2) is 4.79 Å². The number of ether oxygens (including phenoxy) is 1. The number of hydrogen-bond acceptors (Lipinski definition) is 4. The van der Waals surface area contributed by atoms with Crippen LogP contribution in [-0.4, -0.2) is 28.5 Å². The fourth-order valence-electron chi connectivity index (χ4n) is 2.95. The number of hydrogen-bond donors (Lipinski definition) is 1. The first kappa shape index (κ1) is 18.5. The van der Waals surface area contributed by atoms with Gasteiger partial charge < -0.3 is 10.1 Å². The smallest absolute Gasteiger partial charge is 0.411 e. The number of amides is 2. The third kappa shape index (κ3) is 4.43. The van der Waals surface area contributed by atoms with Crippen LogP contribution in [0.25, 0.3) is 0 Å². The average Bonchev–Trinajstić information content (AvgIpc) is 3.05. The van der Waals surface area contributed by atoms with Crippen LogP contribution in [0.3, 0.4) is 0 Å². The van der Waals surface area contributed by atoms with E-state index in [4.69, 9.17) is 4.74 Å². The molecule has 0 spiro atoms. The monoisotopic (exact) mass is 372 g/mol. The van der Waals surface area contributed by atoms with E-state index in [-0.39, 0.29) is 18.1 Å². The van der Waals surface area contributed by atoms with E-state index in [9.17, 15) is 9.59 Å². The maximum Gasteiger partial charge on any atom is 0.411 e. The molecule has 1 aliphatic heterocycles. The molecule has 1 aromatic carbocycles. The Morgan fingerprint density at radius 3 is 2.65 bits per heavy atom. The maximum absolute atomic E-state index is 12.8. The van der Waals surface area contributed by atoms with Crippen molar-refractivity contribution in [1.29, 1.82) is 0 Å². The average molecular weight is 372 g/mol. The highest BCUT2D eigenvalue weighted by Crippen LogP contribution is 2.29. The molecule has 1 aliphatic rings. The zero-order valence-corrected chi connectivity index (χ0v) is 16.1. The lowest BCUT2D eigenvalue weighted by molar-refractivity contribution is -0.128. The van der Waals surface area contributed by atoms with Crippen molar-refractivity contribution in [1.82, 2.24) is 10.2 Å². The molecule has 26 heavy (non-hydrogen) atoms. The molecular formula is C20H24N2O3S. The van der Waals surface area contributed by atoms with E-state index in [2.05, 4.69) is 5.32 Å². The van der Waals surface area contributed by atoms with Gasteiger partial charge in [-0.15, -0.1) is 11.3 Å². The summed E-state index contributed by atoms with van der Waals surface area (Å²) in [6, 6.07) is 11.0. The molecule has 5 nitrogen and oxygen atoms in total. The Hall–Kier alpha value is -2.34. The molecule has 6 heteroatoms. The van der Waals surface area contributed by atoms with Crippen LogP contribution in [0.2, 0.25) is 0 Å². The topological polar surface area (TPSA) is 58.6 Å². The molecule has 138 valence electrons. The quantitative estimate of drug-likeness (QED) is 0.893. The minimum absolute atomic E-state index is 0.145. The van der Waals surface area contributed by atoms with Crippen LogP contribution >= 0.6 is 11.3 Å². The molecule has 1 unspecified atom stereocenters. The molecule has 2 amide bonds. The summed E-state index contributed by atoms with van der Waals surface area (Å²) < 4.78 is 5.48. The van der Waals surface area contributed by atoms with Crippen LogP contribution in [0.15, 0.2) is 41.8 Å². The number of nitrogens with zero attached hydrogens (tertiary/aromatic N) is 1. The van der Waals surface area contributed by atoms with Crippen LogP contribution in [0.1, 0.15) is 36.8 Å². The minimum atomic E-state index is -0.552. The van der Waals surface area contributed by atoms with E-state index in [1.54, 1.807) is 16.2 Å². The summed E-state index contributed by atoms with van der Waals surface area (Å²) in [5.41, 5.74) is 1.66. The van der Waals surface area contributed by atoms with Gasteiger partial charge in [0.25, 0.3) is 0 Å². The lowest BCUT2D eigenvalue weighted by atomic mass is 10.00. The number of nitrogens with one attached hydrogen (secondary N) is 1. The van der Waals surface area contributed by atoms with Crippen LogP contribution in [-0.2, 0) is 29.1 Å². The molecule has 0 bridgehead atoms. The number of benzene rings is 1. The second kappa shape index (κ2) is 7.50. The lowest BCUT2D eigenvalue weighted by Gasteiger charge is -2.35. The van der Waals surface area contributed by atoms with Gasteiger partial charge in [0.1, 0.15) is 12.6 Å². The first-order valence-electron chi connectivity index (χ1n) is 8.68. The summed E-state index contributed by atoms with van der Waals surface area (Å²) in [5, 5.41) is 4.99. The number of rotatable bonds is 3. The Kier molecular flexibility index (Phi) is 5.32. The third-order valence-corrected chi connectivity index (χ3v) is 5.16. The molecule has 0 radical (unpaired) electrons. The summed E-state index contributed by atoms with van der Waals surface area (Å²) in [6.07, 6.45) is 0.0646. The number of thiophene rings is 1. The Morgan fingerprint density at radius 1 is 1.23 bits per heavy atom. The van der Waals surface area contributed by atoms with Gasteiger partial charge in [0.15, 0.2) is 0 Å². The zero-order valence-electron chi connectivity index (χ0n) is 15.3. The van der Waals surface area contributed by atoms with E-state index in [0.717, 1.165) is 16.0 Å². The standard InChI is InChI=1S/C20H24N2O3S/c1-20(2,3)21-18(23)16-11-17-15(9-10-26-17)12-22(16)19(24)25-13-14-7-5-4-6-8-14/h4-10,16H,11-13H2,1-3H3,(H,21,23). The molecule has 3 rings (SSSR count). The second-order valence-corrected chi connectivity index (χ2v) is 8.50. The third-order valence-electron chi connectivity index (χ3n) is 4.17. The van der Waals surface area contributed by atoms with Crippen molar-refractivity contribution < 1.29 is 14.3 Å². The Labute approximate surface area is 158 Å². The van der Waals surface area contributed by atoms with Gasteiger partial charge in [-0.3, -0.25) is 9.69 Å². The molecule has 2 aromatic rings. The molecule has 0 saturated carbocycles. The van der Waals surface area contributed by atoms with Crippen molar-refractivity contribution in [2.45, 2.75) is 51.9 Å². The van der Waals surface area contributed by atoms with E-state index in [0.29, 0.717) is 13.0 Å². The van der Waals surface area contributed by atoms with Crippen molar-refractivity contribution in [3.05, 3.63) is 57.8 Å². The van der Waals surface area contributed by atoms with Gasteiger partial charge in [-0.2, -0.15) is 0 Å². The number of carbonyl (C=O) groups excluding carboxylic acids is 2. The summed E-state index contributed by atoms with van der Waals surface area (Å²) in [7, 11) is 0. The van der Waals surface area contributed by atoms with Crippen molar-refractivity contribution in [2.75, 3.05) is 0 Å². The SMILES string of the molecule is CC(C)(C)NC(=O)C1Cc2sccc2CN1C(=O)OCc1ccccc1. The maximum atomic E-state index is 12.8. The summed E-state index contributed by atoms with van der Waals surface area (Å²) in [5.74, 6) is -0.145. The van der Waals surface area contributed by atoms with Crippen molar-refractivity contribution in [3.8, 4) is 0 Å². The first-order valence-corrected chi connectivity index (χ1v) is 9.56. The summed E-state index contributed by atoms with van der Waals surface area (Å²) >= 11 is 1.63. The van der Waals surface area contributed by atoms with Crippen molar-refractivity contribution in [3.63, 3.8) is 0 Å².